The van der Waals surface area contributed by atoms with Crippen molar-refractivity contribution in [2.75, 3.05) is 20.3 Å². The van der Waals surface area contributed by atoms with E-state index in [0.29, 0.717) is 19.0 Å². The van der Waals surface area contributed by atoms with Crippen molar-refractivity contribution in [2.24, 2.45) is 5.73 Å². The molecule has 92 valence electrons. The summed E-state index contributed by atoms with van der Waals surface area (Å²) in [6.45, 7) is 1.39. The van der Waals surface area contributed by atoms with E-state index in [0.717, 1.165) is 11.0 Å². The number of aromatic nitrogens is 2. The summed E-state index contributed by atoms with van der Waals surface area (Å²) in [4.78, 5) is 4.41. The van der Waals surface area contributed by atoms with Crippen LogP contribution in [0.5, 0.6) is 0 Å². The number of methoxy groups -OCH3 is 1. The molecule has 0 fully saturated rings. The lowest BCUT2D eigenvalue weighted by Crippen LogP contribution is -2.18. The van der Waals surface area contributed by atoms with Gasteiger partial charge in [-0.05, 0) is 12.1 Å². The van der Waals surface area contributed by atoms with Crippen LogP contribution in [0.1, 0.15) is 11.9 Å². The van der Waals surface area contributed by atoms with Gasteiger partial charge in [0.15, 0.2) is 0 Å². The molecule has 5 nitrogen and oxygen atoms in total. The third kappa shape index (κ3) is 2.31. The molecule has 0 aliphatic carbocycles. The third-order valence-corrected chi connectivity index (χ3v) is 2.72. The average molecular weight is 235 g/mol. The highest BCUT2D eigenvalue weighted by molar-refractivity contribution is 5.76. The molecule has 0 radical (unpaired) electrons. The monoisotopic (exact) mass is 235 g/mol. The number of fused-ring (bicyclic) bond motifs is 1. The molecule has 2 rings (SSSR count). The standard InChI is InChI=1S/C12H17N3O2/c1-17-7-6-15-10-5-3-2-4-9(10)14-12(15)11(16)8-13/h2-5,11,16H,6-8,13H2,1H3. The molecule has 0 saturated heterocycles. The maximum absolute atomic E-state index is 9.86. The average Bonchev–Trinajstić information content (AvgIpc) is 2.74. The first kappa shape index (κ1) is 12.0. The minimum atomic E-state index is -0.737. The summed E-state index contributed by atoms with van der Waals surface area (Å²) in [6, 6.07) is 7.77. The van der Waals surface area contributed by atoms with E-state index in [1.54, 1.807) is 7.11 Å². The van der Waals surface area contributed by atoms with Crippen molar-refractivity contribution in [1.82, 2.24) is 9.55 Å². The van der Waals surface area contributed by atoms with Crippen LogP contribution in [-0.4, -0.2) is 34.9 Å². The molecule has 0 spiro atoms. The Morgan fingerprint density at radius 2 is 2.24 bits per heavy atom. The van der Waals surface area contributed by atoms with E-state index >= 15 is 0 Å². The normalized spacial score (nSPS) is 13.1. The number of nitrogens with two attached hydrogens (primary N) is 1. The zero-order valence-corrected chi connectivity index (χ0v) is 9.84. The van der Waals surface area contributed by atoms with E-state index in [2.05, 4.69) is 4.98 Å². The maximum Gasteiger partial charge on any atom is 0.140 e. The van der Waals surface area contributed by atoms with Crippen molar-refractivity contribution in [2.45, 2.75) is 12.6 Å². The van der Waals surface area contributed by atoms with Crippen LogP contribution in [0, 0.1) is 0 Å². The van der Waals surface area contributed by atoms with Crippen LogP contribution in [0.15, 0.2) is 24.3 Å². The molecule has 0 saturated carbocycles. The molecule has 1 unspecified atom stereocenters. The summed E-state index contributed by atoms with van der Waals surface area (Å²) in [5.74, 6) is 0.603. The minimum Gasteiger partial charge on any atom is -0.384 e. The Morgan fingerprint density at radius 3 is 2.94 bits per heavy atom. The van der Waals surface area contributed by atoms with E-state index in [1.807, 2.05) is 28.8 Å². The predicted molar refractivity (Wildman–Crippen MR) is 65.6 cm³/mol. The molecule has 1 heterocycles. The lowest BCUT2D eigenvalue weighted by Gasteiger charge is -2.11. The summed E-state index contributed by atoms with van der Waals surface area (Å²) in [5, 5.41) is 9.86. The van der Waals surface area contributed by atoms with Crippen LogP contribution < -0.4 is 5.73 Å². The summed E-state index contributed by atoms with van der Waals surface area (Å²) in [6.07, 6.45) is -0.737. The fraction of sp³-hybridized carbons (Fsp3) is 0.417. The number of nitrogens with zero attached hydrogens (tertiary/aromatic N) is 2. The molecule has 5 heteroatoms. The molecule has 0 aliphatic heterocycles. The smallest absolute Gasteiger partial charge is 0.140 e. The number of aliphatic hydroxyl groups excluding tert-OH is 1. The first-order valence-electron chi connectivity index (χ1n) is 5.60. The Kier molecular flexibility index (Phi) is 3.73. The molecule has 1 aromatic carbocycles. The number of hydrogen-bond donors (Lipinski definition) is 2. The molecule has 1 aromatic heterocycles. The maximum atomic E-state index is 9.86. The zero-order valence-electron chi connectivity index (χ0n) is 9.84. The largest absolute Gasteiger partial charge is 0.384 e. The topological polar surface area (TPSA) is 73.3 Å². The fourth-order valence-electron chi connectivity index (χ4n) is 1.87. The molecule has 3 N–H and O–H groups in total. The highest BCUT2D eigenvalue weighted by atomic mass is 16.5. The summed E-state index contributed by atoms with van der Waals surface area (Å²) >= 11 is 0. The molecule has 2 aromatic rings. The van der Waals surface area contributed by atoms with E-state index in [1.165, 1.54) is 0 Å². The Hall–Kier alpha value is -1.43. The Balaban J connectivity index is 2.48. The molecule has 0 aliphatic rings. The molecular formula is C12H17N3O2. The minimum absolute atomic E-state index is 0.163. The summed E-state index contributed by atoms with van der Waals surface area (Å²) in [7, 11) is 1.65. The predicted octanol–water partition coefficient (Wildman–Crippen LogP) is 0.675. The van der Waals surface area contributed by atoms with E-state index in [9.17, 15) is 5.11 Å². The van der Waals surface area contributed by atoms with Crippen LogP contribution in [0.2, 0.25) is 0 Å². The van der Waals surface area contributed by atoms with Gasteiger partial charge in [-0.3, -0.25) is 0 Å². The number of aliphatic hydroxyl groups is 1. The van der Waals surface area contributed by atoms with Crippen LogP contribution in [-0.2, 0) is 11.3 Å². The van der Waals surface area contributed by atoms with Gasteiger partial charge in [-0.2, -0.15) is 0 Å². The van der Waals surface area contributed by atoms with Crippen molar-refractivity contribution >= 4 is 11.0 Å². The SMILES string of the molecule is COCCn1c(C(O)CN)nc2ccccc21. The van der Waals surface area contributed by atoms with Gasteiger partial charge in [-0.15, -0.1) is 0 Å². The van der Waals surface area contributed by atoms with Gasteiger partial charge in [-0.1, -0.05) is 12.1 Å². The molecule has 0 bridgehead atoms. The summed E-state index contributed by atoms with van der Waals surface area (Å²) < 4.78 is 7.03. The highest BCUT2D eigenvalue weighted by Gasteiger charge is 2.16. The van der Waals surface area contributed by atoms with Gasteiger partial charge in [0.25, 0.3) is 0 Å². The Labute approximate surface area is 99.8 Å². The van der Waals surface area contributed by atoms with Crippen LogP contribution in [0.4, 0.5) is 0 Å². The van der Waals surface area contributed by atoms with Crippen molar-refractivity contribution in [1.29, 1.82) is 0 Å². The second kappa shape index (κ2) is 5.27. The van der Waals surface area contributed by atoms with Crippen molar-refractivity contribution < 1.29 is 9.84 Å². The zero-order chi connectivity index (χ0) is 12.3. The first-order valence-corrected chi connectivity index (χ1v) is 5.60. The number of hydrogen-bond acceptors (Lipinski definition) is 4. The fourth-order valence-corrected chi connectivity index (χ4v) is 1.87. The van der Waals surface area contributed by atoms with Gasteiger partial charge in [-0.25, -0.2) is 4.98 Å². The van der Waals surface area contributed by atoms with Gasteiger partial charge in [0.05, 0.1) is 17.6 Å². The Morgan fingerprint density at radius 1 is 1.47 bits per heavy atom. The Bertz CT molecular complexity index is 495. The number of imidazole rings is 1. The molecular weight excluding hydrogens is 218 g/mol. The van der Waals surface area contributed by atoms with Crippen LogP contribution >= 0.6 is 0 Å². The van der Waals surface area contributed by atoms with Gasteiger partial charge >= 0.3 is 0 Å². The lowest BCUT2D eigenvalue weighted by molar-refractivity contribution is 0.160. The van der Waals surface area contributed by atoms with Crippen molar-refractivity contribution in [3.8, 4) is 0 Å². The lowest BCUT2D eigenvalue weighted by atomic mass is 10.3. The van der Waals surface area contributed by atoms with Crippen molar-refractivity contribution in [3.63, 3.8) is 0 Å². The van der Waals surface area contributed by atoms with Crippen LogP contribution in [0.25, 0.3) is 11.0 Å². The van der Waals surface area contributed by atoms with Crippen molar-refractivity contribution in [3.05, 3.63) is 30.1 Å². The van der Waals surface area contributed by atoms with Gasteiger partial charge in [0.1, 0.15) is 11.9 Å². The number of benzene rings is 1. The van der Waals surface area contributed by atoms with Gasteiger partial charge in [0.2, 0.25) is 0 Å². The van der Waals surface area contributed by atoms with E-state index < -0.39 is 6.10 Å². The number of para-hydroxylation sites is 2. The number of rotatable bonds is 5. The number of ether oxygens (including phenoxy) is 1. The summed E-state index contributed by atoms with van der Waals surface area (Å²) in [5.41, 5.74) is 7.35. The third-order valence-electron chi connectivity index (χ3n) is 2.72. The molecule has 17 heavy (non-hydrogen) atoms. The first-order chi connectivity index (χ1) is 8.27. The van der Waals surface area contributed by atoms with Crippen LogP contribution in [0.3, 0.4) is 0 Å². The van der Waals surface area contributed by atoms with E-state index in [-0.39, 0.29) is 6.54 Å². The molecule has 1 atom stereocenters. The quantitative estimate of drug-likeness (QED) is 0.799. The van der Waals surface area contributed by atoms with E-state index in [4.69, 9.17) is 10.5 Å². The van der Waals surface area contributed by atoms with Gasteiger partial charge in [0, 0.05) is 20.2 Å². The highest BCUT2D eigenvalue weighted by Crippen LogP contribution is 2.20. The second-order valence-corrected chi connectivity index (χ2v) is 3.85. The van der Waals surface area contributed by atoms with Gasteiger partial charge < -0.3 is 20.1 Å². The second-order valence-electron chi connectivity index (χ2n) is 3.85. The molecule has 0 amide bonds.